The Bertz CT molecular complexity index is 674. The molecule has 0 fully saturated rings. The Morgan fingerprint density at radius 2 is 1.63 bits per heavy atom. The minimum atomic E-state index is 0.267. The van der Waals surface area contributed by atoms with Crippen molar-refractivity contribution in [2.24, 2.45) is 0 Å². The molecule has 2 aromatic carbocycles. The number of nitrogens with zero attached hydrogens (tertiary/aromatic N) is 1. The van der Waals surface area contributed by atoms with E-state index in [0.29, 0.717) is 25.7 Å². The second kappa shape index (κ2) is 6.03. The molecule has 0 saturated carbocycles. The summed E-state index contributed by atoms with van der Waals surface area (Å²) < 4.78 is 0. The molecule has 19 heavy (non-hydrogen) atoms. The minimum absolute atomic E-state index is 0.267. The number of nitriles is 1. The monoisotopic (exact) mass is 329 g/mol. The third-order valence-corrected chi connectivity index (χ3v) is 4.20. The van der Waals surface area contributed by atoms with Gasteiger partial charge in [0.05, 0.1) is 27.6 Å². The number of hydrogen-bond acceptors (Lipinski definition) is 1. The zero-order chi connectivity index (χ0) is 14.0. The molecule has 96 valence electrons. The van der Waals surface area contributed by atoms with Gasteiger partial charge in [-0.2, -0.15) is 5.26 Å². The fourth-order valence-corrected chi connectivity index (χ4v) is 2.58. The van der Waals surface area contributed by atoms with Gasteiger partial charge >= 0.3 is 0 Å². The lowest BCUT2D eigenvalue weighted by Gasteiger charge is -2.11. The molecule has 0 aromatic heterocycles. The van der Waals surface area contributed by atoms with Crippen molar-refractivity contribution in [1.29, 1.82) is 5.26 Å². The fourth-order valence-electron chi connectivity index (χ4n) is 1.77. The average molecular weight is 331 g/mol. The highest BCUT2D eigenvalue weighted by atomic mass is 35.5. The van der Waals surface area contributed by atoms with Crippen molar-refractivity contribution in [2.75, 3.05) is 0 Å². The molecule has 2 rings (SSSR count). The van der Waals surface area contributed by atoms with E-state index in [-0.39, 0.29) is 6.42 Å². The average Bonchev–Trinajstić information content (AvgIpc) is 2.39. The van der Waals surface area contributed by atoms with Crippen LogP contribution in [0.4, 0.5) is 0 Å². The second-order valence-corrected chi connectivity index (χ2v) is 5.46. The van der Waals surface area contributed by atoms with E-state index in [2.05, 4.69) is 6.07 Å². The summed E-state index contributed by atoms with van der Waals surface area (Å²) in [5.74, 6) is 0. The molecule has 2 aromatic rings. The largest absolute Gasteiger partial charge is 0.198 e. The van der Waals surface area contributed by atoms with Crippen LogP contribution in [0.3, 0.4) is 0 Å². The standard InChI is InChI=1S/C14H7Cl4N/c15-9-2-1-8(5-6-19)11(7-9)10-3-4-12(16)14(18)13(10)17/h1-4,7H,5H2. The molecular weight excluding hydrogens is 324 g/mol. The van der Waals surface area contributed by atoms with E-state index >= 15 is 0 Å². The summed E-state index contributed by atoms with van der Waals surface area (Å²) in [5.41, 5.74) is 2.34. The van der Waals surface area contributed by atoms with E-state index in [1.165, 1.54) is 0 Å². The van der Waals surface area contributed by atoms with E-state index in [9.17, 15) is 0 Å². The van der Waals surface area contributed by atoms with Crippen LogP contribution >= 0.6 is 46.4 Å². The van der Waals surface area contributed by atoms with Crippen LogP contribution in [0.25, 0.3) is 11.1 Å². The van der Waals surface area contributed by atoms with Gasteiger partial charge in [0, 0.05) is 10.6 Å². The zero-order valence-electron chi connectivity index (χ0n) is 9.55. The van der Waals surface area contributed by atoms with E-state index in [0.717, 1.165) is 11.1 Å². The lowest BCUT2D eigenvalue weighted by Crippen LogP contribution is -1.90. The molecule has 0 spiro atoms. The van der Waals surface area contributed by atoms with Crippen LogP contribution in [0.2, 0.25) is 20.1 Å². The lowest BCUT2D eigenvalue weighted by molar-refractivity contribution is 1.26. The summed E-state index contributed by atoms with van der Waals surface area (Å²) in [6.07, 6.45) is 0.267. The molecule has 0 amide bonds. The van der Waals surface area contributed by atoms with Crippen molar-refractivity contribution >= 4 is 46.4 Å². The highest BCUT2D eigenvalue weighted by molar-refractivity contribution is 6.49. The van der Waals surface area contributed by atoms with Gasteiger partial charge in [-0.25, -0.2) is 0 Å². The highest BCUT2D eigenvalue weighted by Gasteiger charge is 2.13. The highest BCUT2D eigenvalue weighted by Crippen LogP contribution is 2.39. The third-order valence-electron chi connectivity index (χ3n) is 2.67. The fraction of sp³-hybridized carbons (Fsp3) is 0.0714. The van der Waals surface area contributed by atoms with Crippen LogP contribution < -0.4 is 0 Å². The first-order valence-electron chi connectivity index (χ1n) is 5.34. The molecule has 0 N–H and O–H groups in total. The Kier molecular flexibility index (Phi) is 4.60. The molecule has 0 heterocycles. The predicted octanol–water partition coefficient (Wildman–Crippen LogP) is 6.03. The Morgan fingerprint density at radius 3 is 2.32 bits per heavy atom. The maximum atomic E-state index is 8.87. The number of rotatable bonds is 2. The van der Waals surface area contributed by atoms with E-state index in [1.807, 2.05) is 0 Å². The van der Waals surface area contributed by atoms with E-state index < -0.39 is 0 Å². The molecule has 0 bridgehead atoms. The summed E-state index contributed by atoms with van der Waals surface area (Å²) >= 11 is 24.2. The van der Waals surface area contributed by atoms with Gasteiger partial charge in [-0.15, -0.1) is 0 Å². The maximum absolute atomic E-state index is 8.87. The van der Waals surface area contributed by atoms with Gasteiger partial charge in [0.15, 0.2) is 0 Å². The van der Waals surface area contributed by atoms with Gasteiger partial charge in [0.25, 0.3) is 0 Å². The Hall–Kier alpha value is -0.910. The molecule has 0 aliphatic carbocycles. The molecule has 0 atom stereocenters. The topological polar surface area (TPSA) is 23.8 Å². The van der Waals surface area contributed by atoms with Crippen LogP contribution in [0.15, 0.2) is 30.3 Å². The first-order chi connectivity index (χ1) is 9.04. The lowest BCUT2D eigenvalue weighted by atomic mass is 9.98. The molecule has 0 radical (unpaired) electrons. The van der Waals surface area contributed by atoms with E-state index in [4.69, 9.17) is 51.7 Å². The van der Waals surface area contributed by atoms with Crippen LogP contribution in [-0.2, 0) is 6.42 Å². The molecule has 0 aliphatic rings. The van der Waals surface area contributed by atoms with Crippen LogP contribution in [0.5, 0.6) is 0 Å². The van der Waals surface area contributed by atoms with Crippen molar-refractivity contribution in [3.8, 4) is 17.2 Å². The molecule has 5 heteroatoms. The summed E-state index contributed by atoms with van der Waals surface area (Å²) in [4.78, 5) is 0. The molecule has 0 aliphatic heterocycles. The second-order valence-electron chi connectivity index (χ2n) is 3.86. The van der Waals surface area contributed by atoms with Crippen molar-refractivity contribution in [1.82, 2.24) is 0 Å². The van der Waals surface area contributed by atoms with E-state index in [1.54, 1.807) is 30.3 Å². The molecule has 0 saturated heterocycles. The number of halogens is 4. The maximum Gasteiger partial charge on any atom is 0.0784 e. The zero-order valence-corrected chi connectivity index (χ0v) is 12.6. The minimum Gasteiger partial charge on any atom is -0.198 e. The first kappa shape index (κ1) is 14.5. The molecule has 1 nitrogen and oxygen atoms in total. The predicted molar refractivity (Wildman–Crippen MR) is 81.2 cm³/mol. The van der Waals surface area contributed by atoms with Gasteiger partial charge < -0.3 is 0 Å². The van der Waals surface area contributed by atoms with Crippen LogP contribution in [-0.4, -0.2) is 0 Å². The first-order valence-corrected chi connectivity index (χ1v) is 6.85. The smallest absolute Gasteiger partial charge is 0.0784 e. The van der Waals surface area contributed by atoms with Gasteiger partial charge in [0.1, 0.15) is 0 Å². The molecule has 0 unspecified atom stereocenters. The van der Waals surface area contributed by atoms with Crippen molar-refractivity contribution < 1.29 is 0 Å². The summed E-state index contributed by atoms with van der Waals surface area (Å²) in [7, 11) is 0. The summed E-state index contributed by atoms with van der Waals surface area (Å²) in [6, 6.07) is 10.9. The Labute approximate surface area is 131 Å². The summed E-state index contributed by atoms with van der Waals surface area (Å²) in [6.45, 7) is 0. The quantitative estimate of drug-likeness (QED) is 0.616. The number of benzene rings is 2. The third kappa shape index (κ3) is 2.99. The molecular formula is C14H7Cl4N. The van der Waals surface area contributed by atoms with Gasteiger partial charge in [-0.05, 0) is 29.3 Å². The number of hydrogen-bond donors (Lipinski definition) is 0. The van der Waals surface area contributed by atoms with Crippen molar-refractivity contribution in [3.05, 3.63) is 56.0 Å². The van der Waals surface area contributed by atoms with Gasteiger partial charge in [-0.1, -0.05) is 58.5 Å². The van der Waals surface area contributed by atoms with Crippen molar-refractivity contribution in [3.63, 3.8) is 0 Å². The van der Waals surface area contributed by atoms with Gasteiger partial charge in [0.2, 0.25) is 0 Å². The SMILES string of the molecule is N#CCc1ccc(Cl)cc1-c1ccc(Cl)c(Cl)c1Cl. The summed E-state index contributed by atoms with van der Waals surface area (Å²) in [5, 5.41) is 10.5. The Balaban J connectivity index is 2.68. The van der Waals surface area contributed by atoms with Crippen molar-refractivity contribution in [2.45, 2.75) is 6.42 Å². The van der Waals surface area contributed by atoms with Crippen LogP contribution in [0, 0.1) is 11.3 Å². The van der Waals surface area contributed by atoms with Crippen LogP contribution in [0.1, 0.15) is 5.56 Å². The Morgan fingerprint density at radius 1 is 0.895 bits per heavy atom. The normalized spacial score (nSPS) is 10.3. The van der Waals surface area contributed by atoms with Gasteiger partial charge in [-0.3, -0.25) is 0 Å².